The van der Waals surface area contributed by atoms with E-state index in [0.29, 0.717) is 12.1 Å². The third kappa shape index (κ3) is 3.82. The fourth-order valence-corrected chi connectivity index (χ4v) is 3.44. The SMILES string of the molecule is CN(CCC#N)C(=O)COC(=O)c1csc2c1CCCC2. The number of ether oxygens (including phenoxy) is 1. The summed E-state index contributed by atoms with van der Waals surface area (Å²) in [5.41, 5.74) is 1.71. The number of fused-ring (bicyclic) bond motifs is 1. The lowest BCUT2D eigenvalue weighted by atomic mass is 9.96. The predicted octanol–water partition coefficient (Wildman–Crippen LogP) is 2.16. The van der Waals surface area contributed by atoms with Gasteiger partial charge in [-0.25, -0.2) is 4.79 Å². The van der Waals surface area contributed by atoms with Crippen molar-refractivity contribution in [1.29, 1.82) is 5.26 Å². The Morgan fingerprint density at radius 3 is 2.95 bits per heavy atom. The van der Waals surface area contributed by atoms with Crippen molar-refractivity contribution in [2.24, 2.45) is 0 Å². The Balaban J connectivity index is 1.89. The van der Waals surface area contributed by atoms with Crippen molar-refractivity contribution in [3.05, 3.63) is 21.4 Å². The molecule has 1 aromatic heterocycles. The molecule has 1 aliphatic carbocycles. The number of carbonyl (C=O) groups is 2. The Kier molecular flexibility index (Phi) is 5.34. The Morgan fingerprint density at radius 1 is 1.43 bits per heavy atom. The van der Waals surface area contributed by atoms with Gasteiger partial charge in [0.05, 0.1) is 18.1 Å². The van der Waals surface area contributed by atoms with Gasteiger partial charge in [0.1, 0.15) is 0 Å². The minimum absolute atomic E-state index is 0.272. The normalized spacial score (nSPS) is 13.1. The van der Waals surface area contributed by atoms with Crippen molar-refractivity contribution in [2.75, 3.05) is 20.2 Å². The van der Waals surface area contributed by atoms with Crippen LogP contribution in [0.2, 0.25) is 0 Å². The second-order valence-electron chi connectivity index (χ2n) is 5.06. The summed E-state index contributed by atoms with van der Waals surface area (Å²) in [5, 5.41) is 10.3. The molecule has 1 amide bonds. The first-order valence-corrected chi connectivity index (χ1v) is 7.88. The van der Waals surface area contributed by atoms with E-state index in [4.69, 9.17) is 10.00 Å². The van der Waals surface area contributed by atoms with Crippen LogP contribution in [0, 0.1) is 11.3 Å². The summed E-state index contributed by atoms with van der Waals surface area (Å²) in [6.07, 6.45) is 4.49. The molecular weight excluding hydrogens is 288 g/mol. The fraction of sp³-hybridized carbons (Fsp3) is 0.533. The minimum atomic E-state index is -0.420. The van der Waals surface area contributed by atoms with Crippen molar-refractivity contribution < 1.29 is 14.3 Å². The highest BCUT2D eigenvalue weighted by molar-refractivity contribution is 7.10. The van der Waals surface area contributed by atoms with Gasteiger partial charge in [-0.05, 0) is 31.2 Å². The number of hydrogen-bond acceptors (Lipinski definition) is 5. The molecule has 21 heavy (non-hydrogen) atoms. The molecule has 0 N–H and O–H groups in total. The molecule has 0 saturated carbocycles. The van der Waals surface area contributed by atoms with Gasteiger partial charge in [0, 0.05) is 23.8 Å². The van der Waals surface area contributed by atoms with Crippen molar-refractivity contribution in [3.63, 3.8) is 0 Å². The lowest BCUT2D eigenvalue weighted by Gasteiger charge is -2.16. The highest BCUT2D eigenvalue weighted by atomic mass is 32.1. The molecule has 1 aromatic rings. The number of aryl methyl sites for hydroxylation is 1. The molecule has 0 radical (unpaired) electrons. The van der Waals surface area contributed by atoms with Crippen LogP contribution in [-0.2, 0) is 22.4 Å². The highest BCUT2D eigenvalue weighted by Crippen LogP contribution is 2.30. The van der Waals surface area contributed by atoms with Crippen molar-refractivity contribution in [3.8, 4) is 6.07 Å². The number of amides is 1. The van der Waals surface area contributed by atoms with Crippen molar-refractivity contribution in [1.82, 2.24) is 4.90 Å². The molecule has 0 aliphatic heterocycles. The van der Waals surface area contributed by atoms with Crippen LogP contribution in [0.4, 0.5) is 0 Å². The van der Waals surface area contributed by atoms with Gasteiger partial charge >= 0.3 is 5.97 Å². The zero-order chi connectivity index (χ0) is 15.2. The fourth-order valence-electron chi connectivity index (χ4n) is 2.32. The molecule has 0 unspecified atom stereocenters. The van der Waals surface area contributed by atoms with E-state index in [-0.39, 0.29) is 18.9 Å². The summed E-state index contributed by atoms with van der Waals surface area (Å²) in [6.45, 7) is 0.0755. The lowest BCUT2D eigenvalue weighted by Crippen LogP contribution is -2.32. The molecule has 112 valence electrons. The Hall–Kier alpha value is -1.87. The van der Waals surface area contributed by atoms with Crippen LogP contribution < -0.4 is 0 Å². The maximum absolute atomic E-state index is 12.1. The maximum atomic E-state index is 12.1. The largest absolute Gasteiger partial charge is 0.452 e. The quantitative estimate of drug-likeness (QED) is 0.782. The van der Waals surface area contributed by atoms with Gasteiger partial charge in [-0.2, -0.15) is 5.26 Å². The lowest BCUT2D eigenvalue weighted by molar-refractivity contribution is -0.133. The molecule has 5 nitrogen and oxygen atoms in total. The summed E-state index contributed by atoms with van der Waals surface area (Å²) >= 11 is 1.60. The molecule has 6 heteroatoms. The molecular formula is C15H18N2O3S. The van der Waals surface area contributed by atoms with Crippen molar-refractivity contribution >= 4 is 23.2 Å². The second-order valence-corrected chi connectivity index (χ2v) is 6.02. The zero-order valence-electron chi connectivity index (χ0n) is 12.1. The summed E-state index contributed by atoms with van der Waals surface area (Å²) in [7, 11) is 1.60. The molecule has 0 atom stereocenters. The highest BCUT2D eigenvalue weighted by Gasteiger charge is 2.22. The van der Waals surface area contributed by atoms with E-state index in [1.165, 1.54) is 16.2 Å². The number of rotatable bonds is 5. The van der Waals surface area contributed by atoms with Crippen molar-refractivity contribution in [2.45, 2.75) is 32.1 Å². The molecule has 0 spiro atoms. The number of hydrogen-bond donors (Lipinski definition) is 0. The Labute approximate surface area is 128 Å². The minimum Gasteiger partial charge on any atom is -0.452 e. The molecule has 1 heterocycles. The van der Waals surface area contributed by atoms with E-state index in [9.17, 15) is 9.59 Å². The maximum Gasteiger partial charge on any atom is 0.339 e. The standard InChI is InChI=1S/C15H18N2O3S/c1-17(8-4-7-16)14(18)9-20-15(19)12-10-21-13-6-3-2-5-11(12)13/h10H,2-6,8-9H2,1H3. The number of nitrogens with zero attached hydrogens (tertiary/aromatic N) is 2. The van der Waals surface area contributed by atoms with Gasteiger partial charge < -0.3 is 9.64 Å². The van der Waals surface area contributed by atoms with E-state index in [2.05, 4.69) is 0 Å². The van der Waals surface area contributed by atoms with Crippen LogP contribution in [0.25, 0.3) is 0 Å². The van der Waals surface area contributed by atoms with Crippen LogP contribution >= 0.6 is 11.3 Å². The van der Waals surface area contributed by atoms with E-state index in [1.54, 1.807) is 18.4 Å². The van der Waals surface area contributed by atoms with Crippen LogP contribution in [0.15, 0.2) is 5.38 Å². The van der Waals surface area contributed by atoms with Gasteiger partial charge in [-0.15, -0.1) is 11.3 Å². The van der Waals surface area contributed by atoms with E-state index >= 15 is 0 Å². The number of nitriles is 1. The van der Waals surface area contributed by atoms with E-state index < -0.39 is 5.97 Å². The first-order chi connectivity index (χ1) is 10.1. The predicted molar refractivity (Wildman–Crippen MR) is 79.1 cm³/mol. The van der Waals surface area contributed by atoms with Gasteiger partial charge in [0.25, 0.3) is 5.91 Å². The summed E-state index contributed by atoms with van der Waals surface area (Å²) in [5.74, 6) is -0.709. The Morgan fingerprint density at radius 2 is 2.19 bits per heavy atom. The first-order valence-electron chi connectivity index (χ1n) is 7.00. The monoisotopic (exact) mass is 306 g/mol. The summed E-state index contributed by atoms with van der Waals surface area (Å²) < 4.78 is 5.11. The average Bonchev–Trinajstić information content (AvgIpc) is 2.93. The first kappa shape index (κ1) is 15.5. The molecule has 0 aromatic carbocycles. The third-order valence-electron chi connectivity index (χ3n) is 3.59. The topological polar surface area (TPSA) is 70.4 Å². The van der Waals surface area contributed by atoms with Crippen LogP contribution in [0.3, 0.4) is 0 Å². The smallest absolute Gasteiger partial charge is 0.339 e. The zero-order valence-corrected chi connectivity index (χ0v) is 12.9. The molecule has 0 saturated heterocycles. The van der Waals surface area contributed by atoms with Crippen LogP contribution in [-0.4, -0.2) is 37.0 Å². The summed E-state index contributed by atoms with van der Waals surface area (Å²) in [6, 6.07) is 1.97. The van der Waals surface area contributed by atoms with E-state index in [1.807, 2.05) is 11.4 Å². The number of esters is 1. The molecule has 0 bridgehead atoms. The number of carbonyl (C=O) groups excluding carboxylic acids is 2. The Bertz CT molecular complexity index is 574. The van der Waals surface area contributed by atoms with Crippen LogP contribution in [0.1, 0.15) is 40.1 Å². The van der Waals surface area contributed by atoms with Gasteiger partial charge in [-0.1, -0.05) is 0 Å². The number of likely N-dealkylation sites (N-methyl/N-ethyl adjacent to an activating group) is 1. The molecule has 0 fully saturated rings. The van der Waals surface area contributed by atoms with E-state index in [0.717, 1.165) is 24.8 Å². The van der Waals surface area contributed by atoms with Crippen LogP contribution in [0.5, 0.6) is 0 Å². The summed E-state index contributed by atoms with van der Waals surface area (Å²) in [4.78, 5) is 26.5. The third-order valence-corrected chi connectivity index (χ3v) is 4.68. The van der Waals surface area contributed by atoms with Gasteiger partial charge in [0.2, 0.25) is 0 Å². The molecule has 1 aliphatic rings. The van der Waals surface area contributed by atoms with Gasteiger partial charge in [0.15, 0.2) is 6.61 Å². The number of thiophene rings is 1. The van der Waals surface area contributed by atoms with Gasteiger partial charge in [-0.3, -0.25) is 4.79 Å². The average molecular weight is 306 g/mol. The second kappa shape index (κ2) is 7.23. The molecule has 2 rings (SSSR count).